The summed E-state index contributed by atoms with van der Waals surface area (Å²) in [6, 6.07) is 7.37. The van der Waals surface area contributed by atoms with E-state index in [4.69, 9.17) is 0 Å². The third-order valence-electron chi connectivity index (χ3n) is 4.25. The molecule has 0 radical (unpaired) electrons. The minimum Gasteiger partial charge on any atom is -0.367 e. The van der Waals surface area contributed by atoms with Crippen molar-refractivity contribution >= 4 is 17.5 Å². The van der Waals surface area contributed by atoms with Gasteiger partial charge in [0, 0.05) is 52.0 Å². The molecule has 1 fully saturated rings. The van der Waals surface area contributed by atoms with Crippen molar-refractivity contribution in [3.63, 3.8) is 0 Å². The molecule has 2 amide bonds. The van der Waals surface area contributed by atoms with Gasteiger partial charge >= 0.3 is 0 Å². The summed E-state index contributed by atoms with van der Waals surface area (Å²) in [5.74, 6) is -0.102. The molecule has 1 N–H and O–H groups in total. The number of nitrogens with zero attached hydrogens (tertiary/aromatic N) is 4. The van der Waals surface area contributed by atoms with Gasteiger partial charge in [0.05, 0.1) is 11.9 Å². The molecule has 25 heavy (non-hydrogen) atoms. The highest BCUT2D eigenvalue weighted by molar-refractivity contribution is 5.92. The van der Waals surface area contributed by atoms with E-state index >= 15 is 0 Å². The number of anilines is 1. The van der Waals surface area contributed by atoms with Gasteiger partial charge < -0.3 is 15.1 Å². The highest BCUT2D eigenvalue weighted by atomic mass is 16.2. The van der Waals surface area contributed by atoms with Crippen LogP contribution in [0.3, 0.4) is 0 Å². The molecule has 1 saturated heterocycles. The number of nitrogens with one attached hydrogen (secondary N) is 1. The molecule has 2 aromatic rings. The average molecular weight is 339 g/mol. The van der Waals surface area contributed by atoms with Gasteiger partial charge in [0.2, 0.25) is 5.91 Å². The highest BCUT2D eigenvalue weighted by Gasteiger charge is 2.19. The summed E-state index contributed by atoms with van der Waals surface area (Å²) in [7, 11) is 0. The van der Waals surface area contributed by atoms with Gasteiger partial charge in [0.25, 0.3) is 5.91 Å². The van der Waals surface area contributed by atoms with Crippen molar-refractivity contribution < 1.29 is 9.59 Å². The normalized spacial score (nSPS) is 14.3. The predicted molar refractivity (Wildman–Crippen MR) is 94.1 cm³/mol. The number of carbonyl (C=O) groups excluding carboxylic acids is 2. The molecule has 2 aromatic heterocycles. The van der Waals surface area contributed by atoms with E-state index in [1.807, 2.05) is 23.1 Å². The molecule has 0 bridgehead atoms. The van der Waals surface area contributed by atoms with Gasteiger partial charge in [0.1, 0.15) is 5.69 Å². The van der Waals surface area contributed by atoms with E-state index in [2.05, 4.69) is 20.2 Å². The molecule has 1 aliphatic heterocycles. The molecule has 0 saturated carbocycles. The summed E-state index contributed by atoms with van der Waals surface area (Å²) < 4.78 is 0. The van der Waals surface area contributed by atoms with E-state index in [1.54, 1.807) is 31.6 Å². The van der Waals surface area contributed by atoms with Crippen molar-refractivity contribution in [2.45, 2.75) is 13.5 Å². The van der Waals surface area contributed by atoms with Crippen molar-refractivity contribution in [2.75, 3.05) is 31.1 Å². The van der Waals surface area contributed by atoms with Gasteiger partial charge in [0.15, 0.2) is 0 Å². The van der Waals surface area contributed by atoms with Gasteiger partial charge in [-0.2, -0.15) is 0 Å². The monoisotopic (exact) mass is 339 g/mol. The molecule has 1 aliphatic rings. The number of rotatable bonds is 4. The maximum atomic E-state index is 12.2. The molecule has 7 heteroatoms. The zero-order valence-electron chi connectivity index (χ0n) is 14.2. The summed E-state index contributed by atoms with van der Waals surface area (Å²) >= 11 is 0. The van der Waals surface area contributed by atoms with Crippen LogP contribution in [0.1, 0.15) is 23.0 Å². The Labute approximate surface area is 146 Å². The van der Waals surface area contributed by atoms with Crippen LogP contribution in [0.2, 0.25) is 0 Å². The van der Waals surface area contributed by atoms with E-state index in [0.29, 0.717) is 25.3 Å². The van der Waals surface area contributed by atoms with Gasteiger partial charge in [-0.1, -0.05) is 6.07 Å². The molecule has 0 aromatic carbocycles. The van der Waals surface area contributed by atoms with Crippen LogP contribution in [0.25, 0.3) is 0 Å². The smallest absolute Gasteiger partial charge is 0.270 e. The standard InChI is InChI=1S/C18H21N5O2/c1-14(24)22-7-9-23(10-8-22)16-4-5-17(20-13-16)18(25)21-12-15-3-2-6-19-11-15/h2-6,11,13H,7-10,12H2,1H3,(H,21,25). The van der Waals surface area contributed by atoms with E-state index < -0.39 is 0 Å². The third-order valence-corrected chi connectivity index (χ3v) is 4.25. The van der Waals surface area contributed by atoms with Crippen LogP contribution < -0.4 is 10.2 Å². The molecular weight excluding hydrogens is 318 g/mol. The zero-order chi connectivity index (χ0) is 17.6. The van der Waals surface area contributed by atoms with Crippen molar-refractivity contribution in [1.29, 1.82) is 0 Å². The minimum absolute atomic E-state index is 0.110. The lowest BCUT2D eigenvalue weighted by Crippen LogP contribution is -2.48. The Morgan fingerprint density at radius 2 is 1.92 bits per heavy atom. The molecule has 0 unspecified atom stereocenters. The Bertz CT molecular complexity index is 725. The predicted octanol–water partition coefficient (Wildman–Crippen LogP) is 1.08. The first-order valence-corrected chi connectivity index (χ1v) is 8.27. The van der Waals surface area contributed by atoms with Crippen LogP contribution >= 0.6 is 0 Å². The number of pyridine rings is 2. The lowest BCUT2D eigenvalue weighted by molar-refractivity contribution is -0.129. The quantitative estimate of drug-likeness (QED) is 0.902. The summed E-state index contributed by atoms with van der Waals surface area (Å²) in [4.78, 5) is 35.8. The number of hydrogen-bond acceptors (Lipinski definition) is 5. The SMILES string of the molecule is CC(=O)N1CCN(c2ccc(C(=O)NCc3cccnc3)nc2)CC1. The summed E-state index contributed by atoms with van der Waals surface area (Å²) in [6.07, 6.45) is 5.13. The second-order valence-corrected chi connectivity index (χ2v) is 5.94. The Balaban J connectivity index is 1.55. The first kappa shape index (κ1) is 16.9. The second-order valence-electron chi connectivity index (χ2n) is 5.94. The van der Waals surface area contributed by atoms with Crippen LogP contribution in [0, 0.1) is 0 Å². The van der Waals surface area contributed by atoms with Gasteiger partial charge in [-0.15, -0.1) is 0 Å². The first-order chi connectivity index (χ1) is 12.1. The number of piperazine rings is 1. The Hall–Kier alpha value is -2.96. The molecule has 3 rings (SSSR count). The molecule has 0 aliphatic carbocycles. The van der Waals surface area contributed by atoms with Crippen molar-refractivity contribution in [3.8, 4) is 0 Å². The fraction of sp³-hybridized carbons (Fsp3) is 0.333. The van der Waals surface area contributed by atoms with E-state index in [1.165, 1.54) is 0 Å². The zero-order valence-corrected chi connectivity index (χ0v) is 14.2. The van der Waals surface area contributed by atoms with Crippen LogP contribution in [-0.2, 0) is 11.3 Å². The van der Waals surface area contributed by atoms with Gasteiger partial charge in [-0.25, -0.2) is 4.98 Å². The van der Waals surface area contributed by atoms with Crippen LogP contribution in [0.4, 0.5) is 5.69 Å². The highest BCUT2D eigenvalue weighted by Crippen LogP contribution is 2.15. The molecule has 0 atom stereocenters. The molecule has 3 heterocycles. The summed E-state index contributed by atoms with van der Waals surface area (Å²) in [6.45, 7) is 4.98. The number of carbonyl (C=O) groups is 2. The van der Waals surface area contributed by atoms with Gasteiger partial charge in [-0.3, -0.25) is 14.6 Å². The Morgan fingerprint density at radius 1 is 1.12 bits per heavy atom. The minimum atomic E-state index is -0.211. The second kappa shape index (κ2) is 7.74. The van der Waals surface area contributed by atoms with Crippen LogP contribution in [0.15, 0.2) is 42.9 Å². The van der Waals surface area contributed by atoms with Crippen molar-refractivity contribution in [1.82, 2.24) is 20.2 Å². The molecule has 0 spiro atoms. The Kier molecular flexibility index (Phi) is 5.23. The number of amides is 2. The Morgan fingerprint density at radius 3 is 2.52 bits per heavy atom. The fourth-order valence-corrected chi connectivity index (χ4v) is 2.76. The topological polar surface area (TPSA) is 78.4 Å². The summed E-state index contributed by atoms with van der Waals surface area (Å²) in [5, 5.41) is 2.83. The average Bonchev–Trinajstić information content (AvgIpc) is 2.67. The van der Waals surface area contributed by atoms with E-state index in [-0.39, 0.29) is 11.8 Å². The van der Waals surface area contributed by atoms with Crippen LogP contribution in [-0.4, -0.2) is 52.9 Å². The van der Waals surface area contributed by atoms with E-state index in [9.17, 15) is 9.59 Å². The number of hydrogen-bond donors (Lipinski definition) is 1. The summed E-state index contributed by atoms with van der Waals surface area (Å²) in [5.41, 5.74) is 2.29. The first-order valence-electron chi connectivity index (χ1n) is 8.27. The lowest BCUT2D eigenvalue weighted by atomic mass is 10.2. The lowest BCUT2D eigenvalue weighted by Gasteiger charge is -2.35. The third kappa shape index (κ3) is 4.32. The molecule has 130 valence electrons. The molecule has 7 nitrogen and oxygen atoms in total. The fourth-order valence-electron chi connectivity index (χ4n) is 2.76. The van der Waals surface area contributed by atoms with Crippen molar-refractivity contribution in [2.24, 2.45) is 0 Å². The molecular formula is C18H21N5O2. The van der Waals surface area contributed by atoms with E-state index in [0.717, 1.165) is 24.3 Å². The number of aromatic nitrogens is 2. The van der Waals surface area contributed by atoms with Gasteiger partial charge in [-0.05, 0) is 23.8 Å². The maximum Gasteiger partial charge on any atom is 0.270 e. The largest absolute Gasteiger partial charge is 0.367 e. The van der Waals surface area contributed by atoms with Crippen molar-refractivity contribution in [3.05, 3.63) is 54.1 Å². The van der Waals surface area contributed by atoms with Crippen LogP contribution in [0.5, 0.6) is 0 Å². The maximum absolute atomic E-state index is 12.2.